The maximum Gasteiger partial charge on any atom is 0.230 e. The fourth-order valence-electron chi connectivity index (χ4n) is 2.79. The summed E-state index contributed by atoms with van der Waals surface area (Å²) in [6, 6.07) is 7.78. The number of aromatic nitrogens is 1. The molecule has 0 saturated carbocycles. The first kappa shape index (κ1) is 13.4. The first-order valence-electron chi connectivity index (χ1n) is 7.01. The number of aryl methyl sites for hydroxylation is 1. The predicted molar refractivity (Wildman–Crippen MR) is 81.0 cm³/mol. The Hall–Kier alpha value is -2.59. The number of fused-ring (bicyclic) bond motifs is 2. The van der Waals surface area contributed by atoms with Crippen LogP contribution < -0.4 is 5.32 Å². The molecule has 2 aromatic rings. The number of pyridine rings is 1. The Kier molecular flexibility index (Phi) is 3.71. The van der Waals surface area contributed by atoms with Gasteiger partial charge in [0.2, 0.25) is 5.91 Å². The molecule has 1 heterocycles. The van der Waals surface area contributed by atoms with Gasteiger partial charge in [0.15, 0.2) is 0 Å². The zero-order valence-corrected chi connectivity index (χ0v) is 11.5. The number of amides is 1. The Morgan fingerprint density at radius 1 is 1.33 bits per heavy atom. The summed E-state index contributed by atoms with van der Waals surface area (Å²) in [7, 11) is 0. The highest BCUT2D eigenvalue weighted by Gasteiger charge is 2.19. The molecule has 21 heavy (non-hydrogen) atoms. The number of hydrogen-bond acceptors (Lipinski definition) is 3. The number of hydrogen-bond donors (Lipinski definition) is 1. The smallest absolute Gasteiger partial charge is 0.230 e. The van der Waals surface area contributed by atoms with E-state index in [0.29, 0.717) is 0 Å². The van der Waals surface area contributed by atoms with Gasteiger partial charge in [0.1, 0.15) is 6.54 Å². The van der Waals surface area contributed by atoms with Gasteiger partial charge in [-0.25, -0.2) is 0 Å². The predicted octanol–water partition coefficient (Wildman–Crippen LogP) is 3.36. The number of carbonyl (C=O) groups excluding carboxylic acids is 1. The molecule has 1 aromatic heterocycles. The van der Waals surface area contributed by atoms with E-state index in [4.69, 9.17) is 10.5 Å². The Balaban J connectivity index is 2.09. The van der Waals surface area contributed by atoms with Crippen molar-refractivity contribution in [2.45, 2.75) is 25.7 Å². The third-order valence-corrected chi connectivity index (χ3v) is 3.71. The second kappa shape index (κ2) is 5.81. The van der Waals surface area contributed by atoms with Crippen molar-refractivity contribution in [3.63, 3.8) is 0 Å². The van der Waals surface area contributed by atoms with Crippen LogP contribution in [0.25, 0.3) is 21.3 Å². The van der Waals surface area contributed by atoms with Crippen LogP contribution in [-0.2, 0) is 17.6 Å². The lowest BCUT2D eigenvalue weighted by atomic mass is 9.92. The molecule has 0 aliphatic heterocycles. The van der Waals surface area contributed by atoms with Gasteiger partial charge >= 0.3 is 0 Å². The van der Waals surface area contributed by atoms with E-state index in [2.05, 4.69) is 15.3 Å². The minimum absolute atomic E-state index is 0.193. The van der Waals surface area contributed by atoms with Gasteiger partial charge in [-0.1, -0.05) is 23.3 Å². The van der Waals surface area contributed by atoms with Gasteiger partial charge in [-0.3, -0.25) is 9.78 Å². The maximum atomic E-state index is 11.9. The minimum atomic E-state index is -0.295. The Labute approximate surface area is 121 Å². The van der Waals surface area contributed by atoms with Crippen LogP contribution >= 0.6 is 0 Å². The fraction of sp³-hybridized carbons (Fsp3) is 0.333. The summed E-state index contributed by atoms with van der Waals surface area (Å²) in [4.78, 5) is 19.2. The van der Waals surface area contributed by atoms with Crippen molar-refractivity contribution in [2.75, 3.05) is 11.9 Å². The van der Waals surface area contributed by atoms with Crippen LogP contribution in [0.3, 0.4) is 0 Å². The van der Waals surface area contributed by atoms with Gasteiger partial charge in [-0.15, -0.1) is 0 Å². The molecule has 0 spiro atoms. The lowest BCUT2D eigenvalue weighted by Gasteiger charge is -2.21. The number of rotatable bonds is 3. The quantitative estimate of drug-likeness (QED) is 0.531. The van der Waals surface area contributed by atoms with Crippen LogP contribution in [0.15, 0.2) is 29.4 Å². The zero-order chi connectivity index (χ0) is 14.7. The molecule has 6 nitrogen and oxygen atoms in total. The minimum Gasteiger partial charge on any atom is -0.325 e. The van der Waals surface area contributed by atoms with Crippen LogP contribution in [0, 0.1) is 0 Å². The number of benzene rings is 1. The Morgan fingerprint density at radius 2 is 2.14 bits per heavy atom. The van der Waals surface area contributed by atoms with Crippen LogP contribution in [0.1, 0.15) is 24.1 Å². The monoisotopic (exact) mass is 281 g/mol. The Morgan fingerprint density at radius 3 is 3.00 bits per heavy atom. The molecule has 1 aliphatic rings. The number of carbonyl (C=O) groups is 1. The summed E-state index contributed by atoms with van der Waals surface area (Å²) >= 11 is 0. The van der Waals surface area contributed by atoms with Crippen molar-refractivity contribution >= 4 is 22.5 Å². The second-order valence-corrected chi connectivity index (χ2v) is 5.07. The van der Waals surface area contributed by atoms with Crippen LogP contribution in [0.5, 0.6) is 0 Å². The number of nitrogens with one attached hydrogen (secondary N) is 1. The van der Waals surface area contributed by atoms with Crippen LogP contribution in [-0.4, -0.2) is 17.4 Å². The van der Waals surface area contributed by atoms with Crippen LogP contribution in [0.4, 0.5) is 5.69 Å². The van der Waals surface area contributed by atoms with Crippen molar-refractivity contribution in [2.24, 2.45) is 5.11 Å². The van der Waals surface area contributed by atoms with E-state index in [-0.39, 0.29) is 12.5 Å². The number of azide groups is 1. The average molecular weight is 281 g/mol. The lowest BCUT2D eigenvalue weighted by molar-refractivity contribution is -0.114. The Bertz CT molecular complexity index is 749. The molecule has 1 amide bonds. The summed E-state index contributed by atoms with van der Waals surface area (Å²) in [5, 5.41) is 7.15. The molecule has 1 N–H and O–H groups in total. The molecule has 0 saturated heterocycles. The SMILES string of the molecule is [N-]=[N+]=NCC(=O)Nc1c2c(nc3ccccc13)CCCC2. The number of anilines is 1. The molecule has 3 rings (SSSR count). The summed E-state index contributed by atoms with van der Waals surface area (Å²) in [5.74, 6) is -0.295. The topological polar surface area (TPSA) is 90.8 Å². The fourth-order valence-corrected chi connectivity index (χ4v) is 2.79. The third kappa shape index (κ3) is 2.66. The third-order valence-electron chi connectivity index (χ3n) is 3.71. The largest absolute Gasteiger partial charge is 0.325 e. The highest BCUT2D eigenvalue weighted by atomic mass is 16.1. The molecule has 0 atom stereocenters. The summed E-state index contributed by atoms with van der Waals surface area (Å²) in [5.41, 5.74) is 12.2. The van der Waals surface area contributed by atoms with Crippen molar-refractivity contribution in [3.8, 4) is 0 Å². The molecule has 6 heteroatoms. The molecule has 106 valence electrons. The van der Waals surface area contributed by atoms with Crippen molar-refractivity contribution in [3.05, 3.63) is 46.0 Å². The molecule has 1 aliphatic carbocycles. The first-order chi connectivity index (χ1) is 10.3. The first-order valence-corrected chi connectivity index (χ1v) is 7.01. The van der Waals surface area contributed by atoms with E-state index < -0.39 is 0 Å². The van der Waals surface area contributed by atoms with Crippen molar-refractivity contribution in [1.82, 2.24) is 4.98 Å². The summed E-state index contributed by atoms with van der Waals surface area (Å²) < 4.78 is 0. The second-order valence-electron chi connectivity index (χ2n) is 5.07. The lowest BCUT2D eigenvalue weighted by Crippen LogP contribution is -2.18. The normalized spacial score (nSPS) is 13.3. The zero-order valence-electron chi connectivity index (χ0n) is 11.5. The highest BCUT2D eigenvalue weighted by molar-refractivity contribution is 6.03. The highest BCUT2D eigenvalue weighted by Crippen LogP contribution is 2.33. The van der Waals surface area contributed by atoms with Gasteiger partial charge in [-0.2, -0.15) is 0 Å². The number of nitrogens with zero attached hydrogens (tertiary/aromatic N) is 4. The van der Waals surface area contributed by atoms with E-state index in [9.17, 15) is 4.79 Å². The average Bonchev–Trinajstić information content (AvgIpc) is 2.52. The van der Waals surface area contributed by atoms with E-state index in [1.165, 1.54) is 0 Å². The molecular formula is C15H15N5O. The van der Waals surface area contributed by atoms with Crippen LogP contribution in [0.2, 0.25) is 0 Å². The van der Waals surface area contributed by atoms with Crippen molar-refractivity contribution < 1.29 is 4.79 Å². The van der Waals surface area contributed by atoms with E-state index in [1.54, 1.807) is 0 Å². The maximum absolute atomic E-state index is 11.9. The van der Waals surface area contributed by atoms with Gasteiger partial charge in [0.05, 0.1) is 11.2 Å². The summed E-state index contributed by atoms with van der Waals surface area (Å²) in [6.07, 6.45) is 4.10. The summed E-state index contributed by atoms with van der Waals surface area (Å²) in [6.45, 7) is -0.193. The van der Waals surface area contributed by atoms with Gasteiger partial charge in [-0.05, 0) is 42.8 Å². The molecular weight excluding hydrogens is 266 g/mol. The van der Waals surface area contributed by atoms with E-state index in [1.807, 2.05) is 24.3 Å². The number of para-hydroxylation sites is 1. The van der Waals surface area contributed by atoms with Gasteiger partial charge in [0.25, 0.3) is 0 Å². The van der Waals surface area contributed by atoms with Crippen molar-refractivity contribution in [1.29, 1.82) is 0 Å². The van der Waals surface area contributed by atoms with Gasteiger partial charge < -0.3 is 5.32 Å². The molecule has 0 bridgehead atoms. The van der Waals surface area contributed by atoms with E-state index in [0.717, 1.165) is 53.5 Å². The van der Waals surface area contributed by atoms with E-state index >= 15 is 0 Å². The standard InChI is InChI=1S/C15H15N5O/c16-20-17-9-14(21)19-15-10-5-1-3-7-12(10)18-13-8-4-2-6-11(13)15/h1,3,5,7H,2,4,6,8-9H2,(H,18,19,21). The molecule has 1 aromatic carbocycles. The molecule has 0 fully saturated rings. The molecule has 0 radical (unpaired) electrons. The van der Waals surface area contributed by atoms with Gasteiger partial charge in [0, 0.05) is 16.0 Å². The molecule has 0 unspecified atom stereocenters.